The van der Waals surface area contributed by atoms with Crippen LogP contribution in [0.15, 0.2) is 54.6 Å². The van der Waals surface area contributed by atoms with Crippen molar-refractivity contribution in [1.29, 1.82) is 0 Å². The van der Waals surface area contributed by atoms with E-state index in [0.717, 1.165) is 17.2 Å². The average Bonchev–Trinajstić information content (AvgIpc) is 3.21. The van der Waals surface area contributed by atoms with Crippen molar-refractivity contribution < 1.29 is 9.59 Å². The van der Waals surface area contributed by atoms with Crippen molar-refractivity contribution in [2.45, 2.75) is 18.5 Å². The number of nitrogens with zero attached hydrogens (tertiary/aromatic N) is 2. The zero-order chi connectivity index (χ0) is 14.8. The lowest BCUT2D eigenvalue weighted by molar-refractivity contribution is -0.119. The fourth-order valence-electron chi connectivity index (χ4n) is 4.02. The lowest BCUT2D eigenvalue weighted by atomic mass is 10.0. The molecule has 108 valence electrons. The molecular formula is C18H14N2O2. The second-order valence-corrected chi connectivity index (χ2v) is 6.19. The van der Waals surface area contributed by atoms with Crippen LogP contribution in [0.2, 0.25) is 0 Å². The minimum atomic E-state index is -0.297. The first-order chi connectivity index (χ1) is 10.7. The van der Waals surface area contributed by atoms with Crippen molar-refractivity contribution in [2.24, 2.45) is 5.92 Å². The van der Waals surface area contributed by atoms with Crippen molar-refractivity contribution in [3.8, 4) is 0 Å². The Kier molecular flexibility index (Phi) is 2.16. The highest BCUT2D eigenvalue weighted by molar-refractivity contribution is 6.22. The lowest BCUT2D eigenvalue weighted by Gasteiger charge is -2.22. The molecule has 4 nitrogen and oxygen atoms in total. The molecule has 0 spiro atoms. The van der Waals surface area contributed by atoms with Gasteiger partial charge in [0.15, 0.2) is 0 Å². The molecule has 2 heterocycles. The summed E-state index contributed by atoms with van der Waals surface area (Å²) in [6.45, 7) is 0. The minimum Gasteiger partial charge on any atom is -0.305 e. The summed E-state index contributed by atoms with van der Waals surface area (Å²) in [7, 11) is 0. The number of carbonyl (C=O) groups excluding carboxylic acids is 2. The number of hydrogen-bond acceptors (Lipinski definition) is 2. The summed E-state index contributed by atoms with van der Waals surface area (Å²) in [6.07, 6.45) is 5.03. The van der Waals surface area contributed by atoms with Gasteiger partial charge in [-0.05, 0) is 29.3 Å². The van der Waals surface area contributed by atoms with Gasteiger partial charge in [0.05, 0.1) is 11.7 Å². The van der Waals surface area contributed by atoms with Crippen LogP contribution >= 0.6 is 0 Å². The molecule has 0 radical (unpaired) electrons. The predicted molar refractivity (Wildman–Crippen MR) is 83.5 cm³/mol. The molecule has 3 aliphatic rings. The van der Waals surface area contributed by atoms with E-state index in [-0.39, 0.29) is 29.9 Å². The topological polar surface area (TPSA) is 40.6 Å². The van der Waals surface area contributed by atoms with Gasteiger partial charge in [-0.15, -0.1) is 0 Å². The fraction of sp³-hybridized carbons (Fsp3) is 0.222. The van der Waals surface area contributed by atoms with Crippen molar-refractivity contribution in [2.75, 3.05) is 4.90 Å². The summed E-state index contributed by atoms with van der Waals surface area (Å²) in [6, 6.07) is 13.3. The molecule has 0 aromatic heterocycles. The van der Waals surface area contributed by atoms with Crippen LogP contribution in [0.5, 0.6) is 0 Å². The Labute approximate surface area is 127 Å². The molecule has 0 N–H and O–H groups in total. The summed E-state index contributed by atoms with van der Waals surface area (Å²) < 4.78 is 0. The maximum atomic E-state index is 12.8. The van der Waals surface area contributed by atoms with Gasteiger partial charge in [0.25, 0.3) is 5.91 Å². The second-order valence-electron chi connectivity index (χ2n) is 6.19. The Morgan fingerprint density at radius 3 is 2.59 bits per heavy atom. The Morgan fingerprint density at radius 1 is 0.955 bits per heavy atom. The van der Waals surface area contributed by atoms with Crippen LogP contribution < -0.4 is 4.90 Å². The molecule has 5 rings (SSSR count). The molecule has 2 aromatic carbocycles. The van der Waals surface area contributed by atoms with Gasteiger partial charge in [-0.1, -0.05) is 42.5 Å². The maximum absolute atomic E-state index is 12.8. The van der Waals surface area contributed by atoms with Crippen LogP contribution in [-0.2, 0) is 4.79 Å². The second kappa shape index (κ2) is 3.97. The summed E-state index contributed by atoms with van der Waals surface area (Å²) in [4.78, 5) is 28.6. The first-order valence-corrected chi connectivity index (χ1v) is 7.57. The van der Waals surface area contributed by atoms with Gasteiger partial charge in [0, 0.05) is 5.92 Å². The highest BCUT2D eigenvalue weighted by atomic mass is 16.2. The van der Waals surface area contributed by atoms with Gasteiger partial charge in [0.2, 0.25) is 0 Å². The van der Waals surface area contributed by atoms with Gasteiger partial charge < -0.3 is 4.90 Å². The van der Waals surface area contributed by atoms with Crippen LogP contribution in [0.4, 0.5) is 10.5 Å². The molecule has 2 saturated heterocycles. The number of urea groups is 1. The number of imide groups is 1. The van der Waals surface area contributed by atoms with Crippen molar-refractivity contribution >= 4 is 28.4 Å². The lowest BCUT2D eigenvalue weighted by Crippen LogP contribution is -2.38. The van der Waals surface area contributed by atoms with Crippen LogP contribution in [0.3, 0.4) is 0 Å². The Bertz CT molecular complexity index is 827. The zero-order valence-corrected chi connectivity index (χ0v) is 11.8. The van der Waals surface area contributed by atoms with E-state index >= 15 is 0 Å². The molecule has 2 aromatic rings. The van der Waals surface area contributed by atoms with E-state index in [2.05, 4.69) is 12.2 Å². The van der Waals surface area contributed by atoms with Crippen LogP contribution in [-0.4, -0.2) is 28.9 Å². The van der Waals surface area contributed by atoms with E-state index < -0.39 is 0 Å². The normalized spacial score (nSPS) is 29.0. The highest BCUT2D eigenvalue weighted by Crippen LogP contribution is 2.43. The SMILES string of the molecule is O=C1[C@@H]2C3C=CC(C3)N2C(=O)N1c1ccc2ccccc2c1. The molecule has 2 unspecified atom stereocenters. The number of amides is 3. The standard InChI is InChI=1S/C18H14N2O2/c21-17-16-13-6-8-14(10-13)19(16)18(22)20(17)15-7-5-11-3-1-2-4-12(11)9-15/h1-9,13-14,16H,10H2/t13?,14?,16-/m0/s1. The first-order valence-electron chi connectivity index (χ1n) is 7.57. The van der Waals surface area contributed by atoms with Crippen LogP contribution in [0, 0.1) is 5.92 Å². The molecule has 2 bridgehead atoms. The van der Waals surface area contributed by atoms with E-state index in [1.165, 1.54) is 4.90 Å². The molecule has 3 amide bonds. The predicted octanol–water partition coefficient (Wildman–Crippen LogP) is 2.94. The summed E-state index contributed by atoms with van der Waals surface area (Å²) in [5, 5.41) is 2.14. The van der Waals surface area contributed by atoms with E-state index in [4.69, 9.17) is 0 Å². The highest BCUT2D eigenvalue weighted by Gasteiger charge is 2.57. The molecule has 1 aliphatic carbocycles. The number of benzene rings is 2. The van der Waals surface area contributed by atoms with Gasteiger partial charge >= 0.3 is 6.03 Å². The number of fused-ring (bicyclic) bond motifs is 6. The monoisotopic (exact) mass is 290 g/mol. The van der Waals surface area contributed by atoms with E-state index in [1.54, 1.807) is 4.90 Å². The van der Waals surface area contributed by atoms with Crippen LogP contribution in [0.25, 0.3) is 10.8 Å². The molecule has 0 saturated carbocycles. The largest absolute Gasteiger partial charge is 0.332 e. The molecule has 4 heteroatoms. The van der Waals surface area contributed by atoms with Crippen molar-refractivity contribution in [1.82, 2.24) is 4.90 Å². The summed E-state index contributed by atoms with van der Waals surface area (Å²) >= 11 is 0. The smallest absolute Gasteiger partial charge is 0.305 e. The number of rotatable bonds is 1. The third kappa shape index (κ3) is 1.37. The Morgan fingerprint density at radius 2 is 1.77 bits per heavy atom. The molecule has 3 atom stereocenters. The Hall–Kier alpha value is -2.62. The minimum absolute atomic E-state index is 0.0860. The summed E-state index contributed by atoms with van der Waals surface area (Å²) in [5.74, 6) is 0.101. The molecule has 2 aliphatic heterocycles. The van der Waals surface area contributed by atoms with Crippen LogP contribution in [0.1, 0.15) is 6.42 Å². The van der Waals surface area contributed by atoms with Gasteiger partial charge in [-0.3, -0.25) is 4.79 Å². The van der Waals surface area contributed by atoms with Gasteiger partial charge in [0.1, 0.15) is 6.04 Å². The van der Waals surface area contributed by atoms with E-state index in [9.17, 15) is 9.59 Å². The number of anilines is 1. The third-order valence-electron chi connectivity index (χ3n) is 5.03. The first kappa shape index (κ1) is 12.0. The Balaban J connectivity index is 1.60. The molecule has 2 fully saturated rings. The summed E-state index contributed by atoms with van der Waals surface area (Å²) in [5.41, 5.74) is 0.669. The molecular weight excluding hydrogens is 276 g/mol. The van der Waals surface area contributed by atoms with Gasteiger partial charge in [-0.2, -0.15) is 0 Å². The maximum Gasteiger partial charge on any atom is 0.332 e. The molecule has 22 heavy (non-hydrogen) atoms. The zero-order valence-electron chi connectivity index (χ0n) is 11.8. The van der Waals surface area contributed by atoms with Crippen molar-refractivity contribution in [3.63, 3.8) is 0 Å². The fourth-order valence-corrected chi connectivity index (χ4v) is 4.02. The number of carbonyl (C=O) groups is 2. The third-order valence-corrected chi connectivity index (χ3v) is 5.03. The average molecular weight is 290 g/mol. The van der Waals surface area contributed by atoms with Gasteiger partial charge in [-0.25, -0.2) is 9.69 Å². The van der Waals surface area contributed by atoms with E-state index in [1.807, 2.05) is 42.5 Å². The van der Waals surface area contributed by atoms with Crippen molar-refractivity contribution in [3.05, 3.63) is 54.6 Å². The van der Waals surface area contributed by atoms with E-state index in [0.29, 0.717) is 5.69 Å². The number of hydrogen-bond donors (Lipinski definition) is 0. The quantitative estimate of drug-likeness (QED) is 0.598.